The Morgan fingerprint density at radius 3 is 2.12 bits per heavy atom. The molecule has 0 spiro atoms. The molecule has 1 heterocycles. The van der Waals surface area contributed by atoms with E-state index in [1.807, 2.05) is 24.3 Å². The van der Waals surface area contributed by atoms with E-state index >= 15 is 0 Å². The number of halogens is 4. The van der Waals surface area contributed by atoms with Crippen LogP contribution >= 0.6 is 15.9 Å². The largest absolute Gasteiger partial charge is 0.406 e. The first-order chi connectivity index (χ1) is 11.1. The Balaban J connectivity index is 2.03. The summed E-state index contributed by atoms with van der Waals surface area (Å²) in [7, 11) is 1.67. The van der Waals surface area contributed by atoms with Crippen LogP contribution in [0.25, 0.3) is 0 Å². The van der Waals surface area contributed by atoms with Gasteiger partial charge in [0, 0.05) is 10.0 Å². The highest BCUT2D eigenvalue weighted by molar-refractivity contribution is 9.10. The van der Waals surface area contributed by atoms with E-state index in [-0.39, 0.29) is 11.6 Å². The fourth-order valence-corrected chi connectivity index (χ4v) is 2.55. The number of imide groups is 2. The summed E-state index contributed by atoms with van der Waals surface area (Å²) in [6, 6.07) is 6.08. The maximum atomic E-state index is 12.4. The van der Waals surface area contributed by atoms with Gasteiger partial charge in [0.2, 0.25) is 0 Å². The van der Waals surface area contributed by atoms with Crippen LogP contribution in [0, 0.1) is 0 Å². The number of carbonyl (C=O) groups excluding carboxylic acids is 3. The molecule has 4 amide bonds. The van der Waals surface area contributed by atoms with Crippen molar-refractivity contribution in [2.24, 2.45) is 0 Å². The number of benzene rings is 1. The Hall–Kier alpha value is -1.94. The van der Waals surface area contributed by atoms with E-state index < -0.39 is 30.6 Å². The molecule has 24 heavy (non-hydrogen) atoms. The minimum absolute atomic E-state index is 0.0742. The van der Waals surface area contributed by atoms with Gasteiger partial charge >= 0.3 is 24.0 Å². The molecule has 6 nitrogen and oxygen atoms in total. The zero-order chi connectivity index (χ0) is 18.1. The molecule has 1 aromatic rings. The van der Waals surface area contributed by atoms with E-state index in [1.165, 1.54) is 0 Å². The standard InChI is InChI=1S/C14H13BrF3N3O3/c1-19(6-9-2-4-10(15)5-3-9)8-21-12(23)11(22)20(13(21)24)7-14(16,17)18/h2-5H,6-8H2,1H3/p+1. The van der Waals surface area contributed by atoms with Crippen molar-refractivity contribution in [3.05, 3.63) is 34.3 Å². The van der Waals surface area contributed by atoms with E-state index in [9.17, 15) is 27.6 Å². The van der Waals surface area contributed by atoms with Crippen molar-refractivity contribution in [1.29, 1.82) is 0 Å². The second kappa shape index (κ2) is 6.89. The zero-order valence-electron chi connectivity index (χ0n) is 12.6. The van der Waals surface area contributed by atoms with Crippen LogP contribution in [0.4, 0.5) is 18.0 Å². The molecule has 1 unspecified atom stereocenters. The zero-order valence-corrected chi connectivity index (χ0v) is 14.1. The van der Waals surface area contributed by atoms with Crippen molar-refractivity contribution in [2.45, 2.75) is 12.7 Å². The van der Waals surface area contributed by atoms with E-state index in [0.29, 0.717) is 16.3 Å². The Kier molecular flexibility index (Phi) is 5.29. The Morgan fingerprint density at radius 2 is 1.58 bits per heavy atom. The summed E-state index contributed by atoms with van der Waals surface area (Å²) in [6.07, 6.45) is -4.75. The van der Waals surface area contributed by atoms with Crippen molar-refractivity contribution in [3.8, 4) is 0 Å². The second-order valence-electron chi connectivity index (χ2n) is 5.44. The van der Waals surface area contributed by atoms with Gasteiger partial charge in [0.25, 0.3) is 0 Å². The second-order valence-corrected chi connectivity index (χ2v) is 6.36. The smallest absolute Gasteiger partial charge is 0.316 e. The minimum Gasteiger partial charge on any atom is -0.316 e. The van der Waals surface area contributed by atoms with Gasteiger partial charge in [0.1, 0.15) is 13.1 Å². The predicted octanol–water partition coefficient (Wildman–Crippen LogP) is 0.774. The molecule has 0 aromatic heterocycles. The van der Waals surface area contributed by atoms with Crippen molar-refractivity contribution >= 4 is 33.8 Å². The van der Waals surface area contributed by atoms with Crippen molar-refractivity contribution in [1.82, 2.24) is 9.80 Å². The Bertz CT molecular complexity index is 663. The molecule has 1 N–H and O–H groups in total. The fourth-order valence-electron chi connectivity index (χ4n) is 2.29. The first kappa shape index (κ1) is 18.4. The minimum atomic E-state index is -4.75. The number of hydrogen-bond acceptors (Lipinski definition) is 3. The normalized spacial score (nSPS) is 17.0. The lowest BCUT2D eigenvalue weighted by Crippen LogP contribution is -3.09. The summed E-state index contributed by atoms with van der Waals surface area (Å²) < 4.78 is 38.1. The molecular formula is C14H14BrF3N3O3+. The highest BCUT2D eigenvalue weighted by Crippen LogP contribution is 2.20. The van der Waals surface area contributed by atoms with Crippen molar-refractivity contribution < 1.29 is 32.5 Å². The number of nitrogens with zero attached hydrogens (tertiary/aromatic N) is 2. The number of nitrogens with one attached hydrogen (secondary N) is 1. The molecule has 1 aliphatic heterocycles. The van der Waals surface area contributed by atoms with Gasteiger partial charge in [-0.3, -0.25) is 9.59 Å². The monoisotopic (exact) mass is 408 g/mol. The molecule has 1 saturated heterocycles. The average Bonchev–Trinajstić information content (AvgIpc) is 2.66. The molecule has 0 saturated carbocycles. The van der Waals surface area contributed by atoms with Gasteiger partial charge in [-0.2, -0.15) is 13.2 Å². The summed E-state index contributed by atoms with van der Waals surface area (Å²) >= 11 is 3.30. The maximum absolute atomic E-state index is 12.4. The molecule has 10 heteroatoms. The van der Waals surface area contributed by atoms with E-state index in [2.05, 4.69) is 15.9 Å². The van der Waals surface area contributed by atoms with Crippen LogP contribution < -0.4 is 4.90 Å². The molecule has 0 bridgehead atoms. The third-order valence-electron chi connectivity index (χ3n) is 3.32. The maximum Gasteiger partial charge on any atom is 0.406 e. The molecule has 1 fully saturated rings. The molecule has 1 atom stereocenters. The number of quaternary nitrogens is 1. The number of hydrogen-bond donors (Lipinski definition) is 1. The fraction of sp³-hybridized carbons (Fsp3) is 0.357. The van der Waals surface area contributed by atoms with Gasteiger partial charge in [-0.25, -0.2) is 14.6 Å². The number of alkyl halides is 3. The van der Waals surface area contributed by atoms with Crippen LogP contribution in [0.2, 0.25) is 0 Å². The molecule has 1 aliphatic rings. The summed E-state index contributed by atoms with van der Waals surface area (Å²) in [4.78, 5) is 36.4. The van der Waals surface area contributed by atoms with E-state index in [4.69, 9.17) is 0 Å². The van der Waals surface area contributed by atoms with Crippen LogP contribution in [0.3, 0.4) is 0 Å². The first-order valence-corrected chi connectivity index (χ1v) is 7.67. The quantitative estimate of drug-likeness (QED) is 0.578. The lowest BCUT2D eigenvalue weighted by molar-refractivity contribution is -0.901. The molecule has 0 aliphatic carbocycles. The van der Waals surface area contributed by atoms with Crippen LogP contribution in [0.5, 0.6) is 0 Å². The molecule has 0 radical (unpaired) electrons. The van der Waals surface area contributed by atoms with E-state index in [0.717, 1.165) is 10.0 Å². The first-order valence-electron chi connectivity index (χ1n) is 6.88. The van der Waals surface area contributed by atoms with Gasteiger partial charge < -0.3 is 4.90 Å². The summed E-state index contributed by atoms with van der Waals surface area (Å²) in [5, 5.41) is 0. The number of rotatable bonds is 5. The molecule has 2 rings (SSSR count). The summed E-state index contributed by atoms with van der Waals surface area (Å²) in [5.74, 6) is -2.69. The predicted molar refractivity (Wildman–Crippen MR) is 79.6 cm³/mol. The van der Waals surface area contributed by atoms with Crippen LogP contribution in [0.15, 0.2) is 28.7 Å². The molecular weight excluding hydrogens is 395 g/mol. The van der Waals surface area contributed by atoms with Gasteiger partial charge in [0.05, 0.1) is 7.05 Å². The average molecular weight is 409 g/mol. The summed E-state index contributed by atoms with van der Waals surface area (Å²) in [5.41, 5.74) is 0.910. The highest BCUT2D eigenvalue weighted by atomic mass is 79.9. The molecule has 130 valence electrons. The van der Waals surface area contributed by atoms with Crippen LogP contribution in [-0.2, 0) is 16.1 Å². The Morgan fingerprint density at radius 1 is 1.04 bits per heavy atom. The van der Waals surface area contributed by atoms with Gasteiger partial charge in [-0.1, -0.05) is 28.1 Å². The van der Waals surface area contributed by atoms with Gasteiger partial charge in [-0.05, 0) is 12.1 Å². The third-order valence-corrected chi connectivity index (χ3v) is 3.85. The van der Waals surface area contributed by atoms with E-state index in [1.54, 1.807) is 7.05 Å². The van der Waals surface area contributed by atoms with Crippen molar-refractivity contribution in [2.75, 3.05) is 20.3 Å². The summed E-state index contributed by atoms with van der Waals surface area (Å²) in [6.45, 7) is -1.54. The number of amides is 4. The lowest BCUT2D eigenvalue weighted by atomic mass is 10.2. The Labute approximate surface area is 143 Å². The van der Waals surface area contributed by atoms with Crippen molar-refractivity contribution in [3.63, 3.8) is 0 Å². The highest BCUT2D eigenvalue weighted by Gasteiger charge is 2.49. The topological polar surface area (TPSA) is 62.1 Å². The SMILES string of the molecule is C[NH+](Cc1ccc(Br)cc1)CN1C(=O)C(=O)N(CC(F)(F)F)C1=O. The van der Waals surface area contributed by atoms with Gasteiger partial charge in [0.15, 0.2) is 6.67 Å². The number of carbonyl (C=O) groups is 3. The lowest BCUT2D eigenvalue weighted by Gasteiger charge is -2.20. The van der Waals surface area contributed by atoms with Crippen LogP contribution in [0.1, 0.15) is 5.56 Å². The van der Waals surface area contributed by atoms with Gasteiger partial charge in [-0.15, -0.1) is 0 Å². The number of urea groups is 1. The third kappa shape index (κ3) is 4.32. The van der Waals surface area contributed by atoms with Crippen LogP contribution in [-0.4, -0.2) is 54.1 Å². The molecule has 1 aromatic carbocycles.